The van der Waals surface area contributed by atoms with Gasteiger partial charge in [0.2, 0.25) is 11.8 Å². The third-order valence-electron chi connectivity index (χ3n) is 6.18. The van der Waals surface area contributed by atoms with Crippen LogP contribution in [0, 0.1) is 25.7 Å². The molecule has 1 fully saturated rings. The number of carbonyl (C=O) groups excluding carboxylic acids is 3. The van der Waals surface area contributed by atoms with Crippen molar-refractivity contribution in [1.82, 2.24) is 15.5 Å². The number of hydrogen-bond donors (Lipinski definition) is 2. The highest BCUT2D eigenvalue weighted by molar-refractivity contribution is 5.93. The summed E-state index contributed by atoms with van der Waals surface area (Å²) in [5.74, 6) is -0.391. The van der Waals surface area contributed by atoms with E-state index < -0.39 is 23.8 Å². The van der Waals surface area contributed by atoms with E-state index in [1.807, 2.05) is 59.7 Å². The Kier molecular flexibility index (Phi) is 8.78. The molecule has 0 radical (unpaired) electrons. The van der Waals surface area contributed by atoms with Crippen molar-refractivity contribution in [2.24, 2.45) is 11.8 Å². The molecule has 1 saturated carbocycles. The van der Waals surface area contributed by atoms with Gasteiger partial charge in [0.25, 0.3) is 0 Å². The molecule has 2 rings (SSSR count). The minimum Gasteiger partial charge on any atom is -0.444 e. The Balaban J connectivity index is 2.53. The lowest BCUT2D eigenvalue weighted by atomic mass is 9.93. The molecule has 4 unspecified atom stereocenters. The first kappa shape index (κ1) is 27.7. The first-order valence-corrected chi connectivity index (χ1v) is 12.3. The Labute approximate surface area is 205 Å². The molecule has 0 aromatic heterocycles. The first-order valence-electron chi connectivity index (χ1n) is 12.3. The minimum absolute atomic E-state index is 0.0722. The maximum atomic E-state index is 14.1. The van der Waals surface area contributed by atoms with E-state index in [0.717, 1.165) is 23.1 Å². The van der Waals surface area contributed by atoms with Crippen LogP contribution in [0.1, 0.15) is 84.5 Å². The van der Waals surface area contributed by atoms with Crippen LogP contribution in [0.4, 0.5) is 4.79 Å². The second-order valence-electron chi connectivity index (χ2n) is 11.2. The number of rotatable bonds is 8. The normalized spacial score (nSPS) is 19.4. The second kappa shape index (κ2) is 10.8. The lowest BCUT2D eigenvalue weighted by Gasteiger charge is -2.37. The predicted octanol–water partition coefficient (Wildman–Crippen LogP) is 4.66. The fourth-order valence-electron chi connectivity index (χ4n) is 4.13. The van der Waals surface area contributed by atoms with Crippen molar-refractivity contribution < 1.29 is 19.1 Å². The Bertz CT molecular complexity index is 904. The number of alkyl carbamates (subject to hydrolysis) is 1. The lowest BCUT2D eigenvalue weighted by Crippen LogP contribution is -2.56. The number of benzene rings is 1. The molecule has 1 aliphatic rings. The van der Waals surface area contributed by atoms with Gasteiger partial charge in [0.1, 0.15) is 17.7 Å². The molecule has 190 valence electrons. The molecule has 4 atom stereocenters. The zero-order chi connectivity index (χ0) is 26.0. The molecule has 1 aromatic rings. The van der Waals surface area contributed by atoms with Gasteiger partial charge in [0.15, 0.2) is 0 Å². The highest BCUT2D eigenvalue weighted by atomic mass is 16.6. The Hall–Kier alpha value is -2.57. The smallest absolute Gasteiger partial charge is 0.408 e. The van der Waals surface area contributed by atoms with Crippen molar-refractivity contribution in [2.45, 2.75) is 105 Å². The predicted molar refractivity (Wildman–Crippen MR) is 134 cm³/mol. The molecular formula is C27H43N3O4. The monoisotopic (exact) mass is 473 g/mol. The summed E-state index contributed by atoms with van der Waals surface area (Å²) in [5, 5.41) is 5.79. The van der Waals surface area contributed by atoms with Gasteiger partial charge >= 0.3 is 6.09 Å². The van der Waals surface area contributed by atoms with Gasteiger partial charge < -0.3 is 20.3 Å². The van der Waals surface area contributed by atoms with Gasteiger partial charge in [-0.25, -0.2) is 4.79 Å². The number of nitrogens with zero attached hydrogens (tertiary/aromatic N) is 1. The van der Waals surface area contributed by atoms with Crippen molar-refractivity contribution in [3.8, 4) is 0 Å². The van der Waals surface area contributed by atoms with Crippen molar-refractivity contribution >= 4 is 17.9 Å². The zero-order valence-electron chi connectivity index (χ0n) is 22.5. The summed E-state index contributed by atoms with van der Waals surface area (Å²) in [5.41, 5.74) is 2.17. The van der Waals surface area contributed by atoms with E-state index in [-0.39, 0.29) is 35.7 Å². The average molecular weight is 474 g/mol. The van der Waals surface area contributed by atoms with Crippen LogP contribution >= 0.6 is 0 Å². The summed E-state index contributed by atoms with van der Waals surface area (Å²) in [6.45, 7) is 19.0. The quantitative estimate of drug-likeness (QED) is 0.575. The van der Waals surface area contributed by atoms with E-state index in [2.05, 4.69) is 17.6 Å². The van der Waals surface area contributed by atoms with E-state index in [1.54, 1.807) is 25.7 Å². The lowest BCUT2D eigenvalue weighted by molar-refractivity contribution is -0.144. The fraction of sp³-hybridized carbons (Fsp3) is 0.667. The number of amides is 3. The molecule has 3 amide bonds. The van der Waals surface area contributed by atoms with Crippen LogP contribution in [0.3, 0.4) is 0 Å². The van der Waals surface area contributed by atoms with Crippen molar-refractivity contribution in [1.29, 1.82) is 0 Å². The van der Waals surface area contributed by atoms with Crippen molar-refractivity contribution in [3.63, 3.8) is 0 Å². The molecule has 34 heavy (non-hydrogen) atoms. The van der Waals surface area contributed by atoms with E-state index in [1.165, 1.54) is 0 Å². The highest BCUT2D eigenvalue weighted by Gasteiger charge is 2.49. The topological polar surface area (TPSA) is 87.7 Å². The maximum Gasteiger partial charge on any atom is 0.408 e. The van der Waals surface area contributed by atoms with E-state index >= 15 is 0 Å². The Morgan fingerprint density at radius 1 is 1.06 bits per heavy atom. The summed E-state index contributed by atoms with van der Waals surface area (Å²) in [6.07, 6.45) is 0.178. The maximum absolute atomic E-state index is 14.1. The molecule has 0 heterocycles. The standard InChI is InChI=1S/C27H43N3O4/c1-15(2)22(29-26(33)34-27(8,9)10)25(32)30(21-14-18(21)6)23(24(31)28-16(3)4)20-13-11-12-17(5)19(20)7/h11-13,15-16,18,21-23H,14H2,1-10H3,(H,28,31)(H,29,33). The van der Waals surface area contributed by atoms with Gasteiger partial charge in [0, 0.05) is 12.1 Å². The van der Waals surface area contributed by atoms with Crippen LogP contribution in [0.2, 0.25) is 0 Å². The van der Waals surface area contributed by atoms with Crippen LogP contribution in [-0.4, -0.2) is 46.5 Å². The van der Waals surface area contributed by atoms with E-state index in [0.29, 0.717) is 0 Å². The molecule has 0 spiro atoms. The molecule has 1 aromatic carbocycles. The van der Waals surface area contributed by atoms with E-state index in [9.17, 15) is 14.4 Å². The van der Waals surface area contributed by atoms with Gasteiger partial charge in [-0.2, -0.15) is 0 Å². The molecule has 7 nitrogen and oxygen atoms in total. The SMILES string of the molecule is Cc1cccc(C(C(=O)NC(C)C)N(C(=O)C(NC(=O)OC(C)(C)C)C(C)C)C2CC2C)c1C. The summed E-state index contributed by atoms with van der Waals surface area (Å²) >= 11 is 0. The summed E-state index contributed by atoms with van der Waals surface area (Å²) in [6, 6.07) is 4.10. The third kappa shape index (κ3) is 6.97. The van der Waals surface area contributed by atoms with Crippen molar-refractivity contribution in [2.75, 3.05) is 0 Å². The van der Waals surface area contributed by atoms with Gasteiger partial charge in [-0.1, -0.05) is 39.0 Å². The Morgan fingerprint density at radius 3 is 2.12 bits per heavy atom. The van der Waals surface area contributed by atoms with Crippen molar-refractivity contribution in [3.05, 3.63) is 34.9 Å². The fourth-order valence-corrected chi connectivity index (χ4v) is 4.13. The third-order valence-corrected chi connectivity index (χ3v) is 6.18. The van der Waals surface area contributed by atoms with Crippen LogP contribution in [0.15, 0.2) is 18.2 Å². The number of hydrogen-bond acceptors (Lipinski definition) is 4. The summed E-state index contributed by atoms with van der Waals surface area (Å²) in [7, 11) is 0. The molecule has 0 aliphatic heterocycles. The Morgan fingerprint density at radius 2 is 1.65 bits per heavy atom. The number of nitrogens with one attached hydrogen (secondary N) is 2. The molecule has 0 saturated heterocycles. The summed E-state index contributed by atoms with van der Waals surface area (Å²) in [4.78, 5) is 42.0. The molecule has 7 heteroatoms. The van der Waals surface area contributed by atoms with Gasteiger partial charge in [-0.15, -0.1) is 0 Å². The first-order chi connectivity index (χ1) is 15.6. The molecule has 2 N–H and O–H groups in total. The van der Waals surface area contributed by atoms with Gasteiger partial charge in [-0.05, 0) is 83.4 Å². The largest absolute Gasteiger partial charge is 0.444 e. The molecule has 0 bridgehead atoms. The van der Waals surface area contributed by atoms with Crippen LogP contribution in [0.5, 0.6) is 0 Å². The summed E-state index contributed by atoms with van der Waals surface area (Å²) < 4.78 is 5.43. The minimum atomic E-state index is -0.817. The molecular weight excluding hydrogens is 430 g/mol. The van der Waals surface area contributed by atoms with Gasteiger partial charge in [-0.3, -0.25) is 9.59 Å². The van der Waals surface area contributed by atoms with E-state index in [4.69, 9.17) is 4.74 Å². The van der Waals surface area contributed by atoms with Crippen LogP contribution < -0.4 is 10.6 Å². The highest BCUT2D eigenvalue weighted by Crippen LogP contribution is 2.41. The molecule has 1 aliphatic carbocycles. The van der Waals surface area contributed by atoms with Crippen LogP contribution in [-0.2, 0) is 14.3 Å². The number of ether oxygens (including phenoxy) is 1. The van der Waals surface area contributed by atoms with Crippen LogP contribution in [0.25, 0.3) is 0 Å². The van der Waals surface area contributed by atoms with Gasteiger partial charge in [0.05, 0.1) is 0 Å². The number of aryl methyl sites for hydroxylation is 1. The zero-order valence-corrected chi connectivity index (χ0v) is 22.5. The number of carbonyl (C=O) groups is 3. The second-order valence-corrected chi connectivity index (χ2v) is 11.2. The average Bonchev–Trinajstić information content (AvgIpc) is 3.39.